The van der Waals surface area contributed by atoms with Crippen molar-refractivity contribution in [1.29, 1.82) is 0 Å². The van der Waals surface area contributed by atoms with Crippen molar-refractivity contribution >= 4 is 0 Å². The minimum absolute atomic E-state index is 0.647. The lowest BCUT2D eigenvalue weighted by Gasteiger charge is -2.17. The smallest absolute Gasteiger partial charge is 0.119 e. The van der Waals surface area contributed by atoms with E-state index in [-0.39, 0.29) is 0 Å². The van der Waals surface area contributed by atoms with Crippen molar-refractivity contribution in [2.45, 2.75) is 0 Å². The van der Waals surface area contributed by atoms with Crippen LogP contribution in [-0.2, 0) is 0 Å². The number of rotatable bonds is 9. The molecule has 0 unspecified atom stereocenters. The van der Waals surface area contributed by atoms with Crippen molar-refractivity contribution in [3.63, 3.8) is 0 Å². The van der Waals surface area contributed by atoms with Crippen LogP contribution in [0.25, 0.3) is 0 Å². The highest BCUT2D eigenvalue weighted by Crippen LogP contribution is 2.16. The molecule has 2 rings (SSSR count). The highest BCUT2D eigenvalue weighted by atomic mass is 16.5. The first kappa shape index (κ1) is 16.2. The van der Waals surface area contributed by atoms with Gasteiger partial charge in [0.15, 0.2) is 0 Å². The maximum atomic E-state index is 5.70. The van der Waals surface area contributed by atoms with Gasteiger partial charge >= 0.3 is 0 Å². The Bertz CT molecular complexity index is 528. The molecule has 0 N–H and O–H groups in total. The summed E-state index contributed by atoms with van der Waals surface area (Å²) < 4.78 is 16.5. The Morgan fingerprint density at radius 3 is 1.77 bits per heavy atom. The third-order valence-corrected chi connectivity index (χ3v) is 3.29. The average Bonchev–Trinajstić information content (AvgIpc) is 2.56. The van der Waals surface area contributed by atoms with Crippen LogP contribution in [0.5, 0.6) is 17.2 Å². The zero-order valence-electron chi connectivity index (χ0n) is 13.2. The number of benzene rings is 2. The lowest BCUT2D eigenvalue weighted by atomic mass is 10.3. The molecule has 0 spiro atoms. The number of hydrogen-bond acceptors (Lipinski definition) is 4. The minimum atomic E-state index is 0.647. The molecule has 4 nitrogen and oxygen atoms in total. The topological polar surface area (TPSA) is 30.9 Å². The van der Waals surface area contributed by atoms with Crippen LogP contribution in [0.2, 0.25) is 0 Å². The summed E-state index contributed by atoms with van der Waals surface area (Å²) in [7, 11) is 3.72. The number of hydrogen-bond donors (Lipinski definition) is 0. The molecule has 0 saturated heterocycles. The van der Waals surface area contributed by atoms with Crippen LogP contribution in [-0.4, -0.2) is 45.4 Å². The zero-order chi connectivity index (χ0) is 15.6. The summed E-state index contributed by atoms with van der Waals surface area (Å²) >= 11 is 0. The quantitative estimate of drug-likeness (QED) is 0.712. The van der Waals surface area contributed by atoms with Crippen LogP contribution in [0.15, 0.2) is 54.6 Å². The average molecular weight is 301 g/mol. The van der Waals surface area contributed by atoms with Gasteiger partial charge in [-0.3, -0.25) is 4.90 Å². The number of para-hydroxylation sites is 1. The third kappa shape index (κ3) is 5.66. The maximum absolute atomic E-state index is 5.70. The summed E-state index contributed by atoms with van der Waals surface area (Å²) in [5.41, 5.74) is 0. The van der Waals surface area contributed by atoms with Gasteiger partial charge in [0.1, 0.15) is 30.5 Å². The second-order valence-electron chi connectivity index (χ2n) is 4.99. The molecule has 0 bridgehead atoms. The Morgan fingerprint density at radius 2 is 1.23 bits per heavy atom. The third-order valence-electron chi connectivity index (χ3n) is 3.29. The molecule has 2 aromatic rings. The molecule has 4 heteroatoms. The van der Waals surface area contributed by atoms with E-state index in [1.807, 2.05) is 54.6 Å². The fourth-order valence-corrected chi connectivity index (χ4v) is 1.94. The summed E-state index contributed by atoms with van der Waals surface area (Å²) in [6, 6.07) is 17.5. The molecule has 0 saturated carbocycles. The van der Waals surface area contributed by atoms with E-state index in [0.717, 1.165) is 30.3 Å². The molecule has 0 aromatic heterocycles. The van der Waals surface area contributed by atoms with Crippen molar-refractivity contribution in [2.24, 2.45) is 0 Å². The molecule has 2 aromatic carbocycles. The second-order valence-corrected chi connectivity index (χ2v) is 4.99. The Kier molecular flexibility index (Phi) is 6.58. The van der Waals surface area contributed by atoms with E-state index in [1.54, 1.807) is 7.11 Å². The van der Waals surface area contributed by atoms with E-state index in [0.29, 0.717) is 13.2 Å². The molecule has 0 fully saturated rings. The van der Waals surface area contributed by atoms with Gasteiger partial charge in [-0.15, -0.1) is 0 Å². The van der Waals surface area contributed by atoms with Crippen molar-refractivity contribution in [1.82, 2.24) is 4.90 Å². The summed E-state index contributed by atoms with van der Waals surface area (Å²) in [5, 5.41) is 0. The molecule has 0 heterocycles. The van der Waals surface area contributed by atoms with Crippen molar-refractivity contribution in [3.8, 4) is 17.2 Å². The van der Waals surface area contributed by atoms with Gasteiger partial charge in [-0.2, -0.15) is 0 Å². The van der Waals surface area contributed by atoms with Crippen LogP contribution in [0, 0.1) is 0 Å². The van der Waals surface area contributed by atoms with Gasteiger partial charge in [0.2, 0.25) is 0 Å². The summed E-state index contributed by atoms with van der Waals surface area (Å²) in [5.74, 6) is 2.60. The zero-order valence-corrected chi connectivity index (χ0v) is 13.2. The summed E-state index contributed by atoms with van der Waals surface area (Å²) in [4.78, 5) is 2.19. The first-order valence-electron chi connectivity index (χ1n) is 7.41. The van der Waals surface area contributed by atoms with E-state index in [1.165, 1.54) is 0 Å². The molecule has 0 radical (unpaired) electrons. The fraction of sp³-hybridized carbons (Fsp3) is 0.333. The highest BCUT2D eigenvalue weighted by Gasteiger charge is 2.00. The highest BCUT2D eigenvalue weighted by molar-refractivity contribution is 5.31. The largest absolute Gasteiger partial charge is 0.497 e. The minimum Gasteiger partial charge on any atom is -0.497 e. The molecule has 0 aliphatic carbocycles. The number of methoxy groups -OCH3 is 1. The molecule has 0 aliphatic heterocycles. The van der Waals surface area contributed by atoms with E-state index in [2.05, 4.69) is 11.9 Å². The van der Waals surface area contributed by atoms with Crippen LogP contribution < -0.4 is 14.2 Å². The lowest BCUT2D eigenvalue weighted by Crippen LogP contribution is -2.28. The standard InChI is InChI=1S/C18H23NO3/c1-19(12-14-21-17-6-4-3-5-7-17)13-15-22-18-10-8-16(20-2)9-11-18/h3-11H,12-15H2,1-2H3. The Balaban J connectivity index is 1.60. The van der Waals surface area contributed by atoms with Crippen LogP contribution in [0.4, 0.5) is 0 Å². The van der Waals surface area contributed by atoms with Gasteiger partial charge in [0.25, 0.3) is 0 Å². The molecule has 0 aliphatic rings. The predicted molar refractivity (Wildman–Crippen MR) is 87.9 cm³/mol. The number of likely N-dealkylation sites (N-methyl/N-ethyl adjacent to an activating group) is 1. The van der Waals surface area contributed by atoms with Gasteiger partial charge in [-0.1, -0.05) is 18.2 Å². The lowest BCUT2D eigenvalue weighted by molar-refractivity contribution is 0.202. The monoisotopic (exact) mass is 301 g/mol. The molecular formula is C18H23NO3. The molecule has 0 amide bonds. The Hall–Kier alpha value is -2.20. The normalized spacial score (nSPS) is 10.5. The molecule has 0 atom stereocenters. The van der Waals surface area contributed by atoms with Crippen LogP contribution >= 0.6 is 0 Å². The van der Waals surface area contributed by atoms with Gasteiger partial charge in [-0.25, -0.2) is 0 Å². The van der Waals surface area contributed by atoms with Crippen LogP contribution in [0.1, 0.15) is 0 Å². The predicted octanol–water partition coefficient (Wildman–Crippen LogP) is 3.08. The molecule has 118 valence electrons. The van der Waals surface area contributed by atoms with Gasteiger partial charge < -0.3 is 14.2 Å². The van der Waals surface area contributed by atoms with Gasteiger partial charge in [0, 0.05) is 13.1 Å². The Morgan fingerprint density at radius 1 is 0.727 bits per heavy atom. The number of nitrogens with zero attached hydrogens (tertiary/aromatic N) is 1. The molecule has 22 heavy (non-hydrogen) atoms. The van der Waals surface area contributed by atoms with Crippen molar-refractivity contribution in [3.05, 3.63) is 54.6 Å². The van der Waals surface area contributed by atoms with Gasteiger partial charge in [-0.05, 0) is 43.4 Å². The van der Waals surface area contributed by atoms with Crippen molar-refractivity contribution < 1.29 is 14.2 Å². The molecular weight excluding hydrogens is 278 g/mol. The summed E-state index contributed by atoms with van der Waals surface area (Å²) in [6.45, 7) is 3.03. The second kappa shape index (κ2) is 8.95. The van der Waals surface area contributed by atoms with E-state index >= 15 is 0 Å². The maximum Gasteiger partial charge on any atom is 0.119 e. The Labute approximate surface area is 132 Å². The van der Waals surface area contributed by atoms with E-state index in [9.17, 15) is 0 Å². The first-order valence-corrected chi connectivity index (χ1v) is 7.41. The number of ether oxygens (including phenoxy) is 3. The first-order chi connectivity index (χ1) is 10.8. The van der Waals surface area contributed by atoms with Crippen molar-refractivity contribution in [2.75, 3.05) is 40.5 Å². The SMILES string of the molecule is COc1ccc(OCCN(C)CCOc2ccccc2)cc1. The van der Waals surface area contributed by atoms with Gasteiger partial charge in [0.05, 0.1) is 7.11 Å². The van der Waals surface area contributed by atoms with E-state index < -0.39 is 0 Å². The van der Waals surface area contributed by atoms with Crippen LogP contribution in [0.3, 0.4) is 0 Å². The fourth-order valence-electron chi connectivity index (χ4n) is 1.94. The summed E-state index contributed by atoms with van der Waals surface area (Å²) in [6.07, 6.45) is 0. The van der Waals surface area contributed by atoms with E-state index in [4.69, 9.17) is 14.2 Å².